The van der Waals surface area contributed by atoms with E-state index in [1.165, 1.54) is 28.2 Å². The predicted molar refractivity (Wildman–Crippen MR) is 113 cm³/mol. The van der Waals surface area contributed by atoms with Gasteiger partial charge < -0.3 is 0 Å². The first-order chi connectivity index (χ1) is 13.3. The number of carbonyl (C=O) groups excluding carboxylic acids is 1. The van der Waals surface area contributed by atoms with Gasteiger partial charge in [-0.1, -0.05) is 74.9 Å². The van der Waals surface area contributed by atoms with Crippen LogP contribution in [-0.2, 0) is 24.9 Å². The number of aromatic nitrogens is 2. The molecule has 0 saturated carbocycles. The first kappa shape index (κ1) is 18.7. The third-order valence-electron chi connectivity index (χ3n) is 5.73. The molecule has 0 saturated heterocycles. The van der Waals surface area contributed by atoms with E-state index in [9.17, 15) is 4.79 Å². The van der Waals surface area contributed by atoms with Crippen LogP contribution in [0.15, 0.2) is 54.7 Å². The lowest BCUT2D eigenvalue weighted by Gasteiger charge is -2.18. The van der Waals surface area contributed by atoms with E-state index in [1.54, 1.807) is 0 Å². The van der Waals surface area contributed by atoms with Crippen molar-refractivity contribution in [3.05, 3.63) is 77.2 Å². The van der Waals surface area contributed by atoms with Crippen LogP contribution in [0.25, 0.3) is 11.3 Å². The van der Waals surface area contributed by atoms with Gasteiger partial charge in [-0.25, -0.2) is 9.13 Å². The third kappa shape index (κ3) is 3.54. The SMILES string of the molecule is Cc1ccc(-c2c[n+](CC(=O)c3ccc(C(C)(C)C)cc3)c3n2CCC3)cc1. The minimum Gasteiger partial charge on any atom is -0.290 e. The highest BCUT2D eigenvalue weighted by molar-refractivity contribution is 5.95. The quantitative estimate of drug-likeness (QED) is 0.473. The Morgan fingerprint density at radius 1 is 1.04 bits per heavy atom. The molecule has 1 aliphatic rings. The summed E-state index contributed by atoms with van der Waals surface area (Å²) in [5.41, 5.74) is 5.83. The average Bonchev–Trinajstić information content (AvgIpc) is 3.26. The smallest absolute Gasteiger partial charge is 0.257 e. The summed E-state index contributed by atoms with van der Waals surface area (Å²) in [6, 6.07) is 16.8. The van der Waals surface area contributed by atoms with Crippen LogP contribution in [0.2, 0.25) is 0 Å². The van der Waals surface area contributed by atoms with Gasteiger partial charge in [0.25, 0.3) is 5.82 Å². The van der Waals surface area contributed by atoms with E-state index in [0.29, 0.717) is 6.54 Å². The normalized spacial score (nSPS) is 13.6. The van der Waals surface area contributed by atoms with Crippen LogP contribution in [-0.4, -0.2) is 10.4 Å². The number of nitrogens with zero attached hydrogens (tertiary/aromatic N) is 2. The average molecular weight is 374 g/mol. The molecule has 144 valence electrons. The summed E-state index contributed by atoms with van der Waals surface area (Å²) in [5, 5.41) is 0. The first-order valence-corrected chi connectivity index (χ1v) is 10.2. The van der Waals surface area contributed by atoms with Gasteiger partial charge in [0.05, 0.1) is 13.0 Å². The van der Waals surface area contributed by atoms with Crippen LogP contribution in [0, 0.1) is 6.92 Å². The van der Waals surface area contributed by atoms with E-state index in [2.05, 4.69) is 79.4 Å². The molecule has 3 heteroatoms. The number of benzene rings is 2. The molecule has 3 nitrogen and oxygen atoms in total. The minimum absolute atomic E-state index is 0.0996. The Labute approximate surface area is 167 Å². The molecule has 0 aliphatic carbocycles. The molecule has 3 aromatic rings. The van der Waals surface area contributed by atoms with E-state index in [0.717, 1.165) is 24.9 Å². The molecule has 28 heavy (non-hydrogen) atoms. The van der Waals surface area contributed by atoms with Crippen LogP contribution in [0.3, 0.4) is 0 Å². The Morgan fingerprint density at radius 2 is 1.71 bits per heavy atom. The molecule has 0 spiro atoms. The van der Waals surface area contributed by atoms with Gasteiger partial charge in [0, 0.05) is 11.1 Å². The Hall–Kier alpha value is -2.68. The fourth-order valence-corrected chi connectivity index (χ4v) is 4.00. The van der Waals surface area contributed by atoms with Gasteiger partial charge in [-0.3, -0.25) is 4.79 Å². The molecule has 0 unspecified atom stereocenters. The summed E-state index contributed by atoms with van der Waals surface area (Å²) in [6.07, 6.45) is 4.33. The topological polar surface area (TPSA) is 25.9 Å². The number of rotatable bonds is 4. The van der Waals surface area contributed by atoms with Crippen molar-refractivity contribution < 1.29 is 9.36 Å². The second kappa shape index (κ2) is 7.05. The highest BCUT2D eigenvalue weighted by Crippen LogP contribution is 2.25. The van der Waals surface area contributed by atoms with Crippen molar-refractivity contribution in [3.63, 3.8) is 0 Å². The molecular weight excluding hydrogens is 344 g/mol. The van der Waals surface area contributed by atoms with Crippen molar-refractivity contribution in [2.24, 2.45) is 0 Å². The highest BCUT2D eigenvalue weighted by Gasteiger charge is 2.29. The number of hydrogen-bond acceptors (Lipinski definition) is 1. The Balaban J connectivity index is 1.61. The molecule has 0 bridgehead atoms. The second-order valence-electron chi connectivity index (χ2n) is 8.93. The zero-order valence-corrected chi connectivity index (χ0v) is 17.3. The molecule has 2 heterocycles. The molecular formula is C25H29N2O+. The maximum Gasteiger partial charge on any atom is 0.257 e. The van der Waals surface area contributed by atoms with E-state index in [-0.39, 0.29) is 11.2 Å². The van der Waals surface area contributed by atoms with Crippen LogP contribution in [0.1, 0.15) is 54.5 Å². The Kier molecular flexibility index (Phi) is 4.70. The predicted octanol–water partition coefficient (Wildman–Crippen LogP) is 4.88. The van der Waals surface area contributed by atoms with Crippen LogP contribution in [0.4, 0.5) is 0 Å². The third-order valence-corrected chi connectivity index (χ3v) is 5.73. The number of ketones is 1. The van der Waals surface area contributed by atoms with E-state index in [4.69, 9.17) is 0 Å². The van der Waals surface area contributed by atoms with Crippen LogP contribution >= 0.6 is 0 Å². The van der Waals surface area contributed by atoms with Crippen LogP contribution in [0.5, 0.6) is 0 Å². The molecule has 4 rings (SSSR count). The van der Waals surface area contributed by atoms with E-state index in [1.807, 2.05) is 12.1 Å². The van der Waals surface area contributed by atoms with E-state index >= 15 is 0 Å². The summed E-state index contributed by atoms with van der Waals surface area (Å²) in [4.78, 5) is 12.9. The number of imidazole rings is 1. The molecule has 0 amide bonds. The van der Waals surface area contributed by atoms with Gasteiger partial charge in [-0.05, 0) is 24.3 Å². The first-order valence-electron chi connectivity index (χ1n) is 10.2. The summed E-state index contributed by atoms with van der Waals surface area (Å²) in [7, 11) is 0. The molecule has 1 aliphatic heterocycles. The number of carbonyl (C=O) groups is 1. The fourth-order valence-electron chi connectivity index (χ4n) is 4.00. The van der Waals surface area contributed by atoms with Gasteiger partial charge in [-0.2, -0.15) is 0 Å². The van der Waals surface area contributed by atoms with Crippen molar-refractivity contribution in [1.82, 2.24) is 4.57 Å². The molecule has 0 atom stereocenters. The lowest BCUT2D eigenvalue weighted by molar-refractivity contribution is -0.689. The molecule has 0 N–H and O–H groups in total. The van der Waals surface area contributed by atoms with E-state index < -0.39 is 0 Å². The van der Waals surface area contributed by atoms with Crippen molar-refractivity contribution in [3.8, 4) is 11.3 Å². The largest absolute Gasteiger partial charge is 0.290 e. The maximum atomic E-state index is 12.9. The number of hydrogen-bond donors (Lipinski definition) is 0. The van der Waals surface area contributed by atoms with Gasteiger partial charge in [0.2, 0.25) is 5.78 Å². The maximum absolute atomic E-state index is 12.9. The van der Waals surface area contributed by atoms with Gasteiger partial charge in [0.1, 0.15) is 6.20 Å². The Bertz CT molecular complexity index is 1000. The van der Waals surface area contributed by atoms with Crippen molar-refractivity contribution in [2.75, 3.05) is 0 Å². The molecule has 0 fully saturated rings. The molecule has 1 aromatic heterocycles. The zero-order valence-electron chi connectivity index (χ0n) is 17.3. The van der Waals surface area contributed by atoms with Crippen molar-refractivity contribution in [1.29, 1.82) is 0 Å². The van der Waals surface area contributed by atoms with Gasteiger partial charge in [0.15, 0.2) is 12.2 Å². The van der Waals surface area contributed by atoms with Crippen LogP contribution < -0.4 is 4.57 Å². The highest BCUT2D eigenvalue weighted by atomic mass is 16.1. The summed E-state index contributed by atoms with van der Waals surface area (Å²) >= 11 is 0. The standard InChI is InChI=1S/C25H29N2O/c1-18-7-9-19(10-8-18)22-16-26(24-6-5-15-27(22)24)17-23(28)20-11-13-21(14-12-20)25(2,3)4/h7-14,16H,5-6,15,17H2,1-4H3/q+1. The van der Waals surface area contributed by atoms with Crippen molar-refractivity contribution >= 4 is 5.78 Å². The minimum atomic E-state index is 0.0996. The number of aryl methyl sites for hydroxylation is 1. The Morgan fingerprint density at radius 3 is 2.36 bits per heavy atom. The van der Waals surface area contributed by atoms with Crippen molar-refractivity contribution in [2.45, 2.75) is 59.0 Å². The summed E-state index contributed by atoms with van der Waals surface area (Å²) < 4.78 is 4.53. The zero-order chi connectivity index (χ0) is 19.9. The lowest BCUT2D eigenvalue weighted by atomic mass is 9.86. The lowest BCUT2D eigenvalue weighted by Crippen LogP contribution is -2.40. The molecule has 2 aromatic carbocycles. The van der Waals surface area contributed by atoms with Gasteiger partial charge in [-0.15, -0.1) is 0 Å². The van der Waals surface area contributed by atoms with Gasteiger partial charge >= 0.3 is 0 Å². The number of fused-ring (bicyclic) bond motifs is 1. The summed E-state index contributed by atoms with van der Waals surface area (Å²) in [5.74, 6) is 1.43. The monoisotopic (exact) mass is 373 g/mol. The number of Topliss-reactive ketones (excluding diaryl/α,β-unsaturated/α-hetero) is 1. The molecule has 0 radical (unpaired) electrons. The summed E-state index contributed by atoms with van der Waals surface area (Å²) in [6.45, 7) is 10.1. The fraction of sp³-hybridized carbons (Fsp3) is 0.360. The second-order valence-corrected chi connectivity index (χ2v) is 8.93.